The summed E-state index contributed by atoms with van der Waals surface area (Å²) < 4.78 is 11.5. The molecule has 0 bridgehead atoms. The van der Waals surface area contributed by atoms with E-state index in [1.807, 2.05) is 27.7 Å². The highest BCUT2D eigenvalue weighted by molar-refractivity contribution is 5.71. The van der Waals surface area contributed by atoms with E-state index < -0.39 is 6.10 Å². The molecule has 2 N–H and O–H groups in total. The van der Waals surface area contributed by atoms with Crippen LogP contribution >= 0.6 is 0 Å². The molecule has 0 amide bonds. The average molecular weight is 334 g/mol. The first-order valence-corrected chi connectivity index (χ1v) is 8.58. The molecular formula is C19H26O5. The van der Waals surface area contributed by atoms with E-state index in [4.69, 9.17) is 9.47 Å². The van der Waals surface area contributed by atoms with Crippen molar-refractivity contribution < 1.29 is 24.5 Å². The zero-order chi connectivity index (χ0) is 17.6. The lowest BCUT2D eigenvalue weighted by Gasteiger charge is -2.26. The van der Waals surface area contributed by atoms with Gasteiger partial charge in [-0.05, 0) is 51.7 Å². The van der Waals surface area contributed by atoms with Crippen molar-refractivity contribution in [3.63, 3.8) is 0 Å². The van der Waals surface area contributed by atoms with Crippen LogP contribution in [0, 0.1) is 13.8 Å². The third-order valence-electron chi connectivity index (χ3n) is 5.10. The van der Waals surface area contributed by atoms with Crippen LogP contribution in [0.25, 0.3) is 0 Å². The molecule has 2 aliphatic rings. The molecule has 0 radical (unpaired) electrons. The van der Waals surface area contributed by atoms with Crippen LogP contribution in [0.4, 0.5) is 0 Å². The molecule has 2 aliphatic heterocycles. The summed E-state index contributed by atoms with van der Waals surface area (Å²) in [6.07, 6.45) is 1.67. The number of phenols is 1. The Kier molecular flexibility index (Phi) is 4.24. The third kappa shape index (κ3) is 3.09. The number of aliphatic hydroxyl groups is 1. The van der Waals surface area contributed by atoms with Crippen LogP contribution < -0.4 is 4.74 Å². The Balaban J connectivity index is 1.85. The first-order chi connectivity index (χ1) is 11.2. The largest absolute Gasteiger partial charge is 0.507 e. The number of rotatable bonds is 3. The smallest absolute Gasteiger partial charge is 0.308 e. The molecule has 2 heterocycles. The van der Waals surface area contributed by atoms with Gasteiger partial charge in [-0.15, -0.1) is 0 Å². The number of carbonyl (C=O) groups is 1. The predicted octanol–water partition coefficient (Wildman–Crippen LogP) is 2.72. The topological polar surface area (TPSA) is 76.0 Å². The van der Waals surface area contributed by atoms with Crippen molar-refractivity contribution in [3.8, 4) is 11.5 Å². The molecule has 0 spiro atoms. The number of ether oxygens (including phenoxy) is 2. The molecular weight excluding hydrogens is 308 g/mol. The van der Waals surface area contributed by atoms with Crippen molar-refractivity contribution in [2.24, 2.45) is 0 Å². The second-order valence-electron chi connectivity index (χ2n) is 7.67. The Morgan fingerprint density at radius 1 is 1.25 bits per heavy atom. The highest BCUT2D eigenvalue weighted by Gasteiger charge is 2.36. The summed E-state index contributed by atoms with van der Waals surface area (Å²) in [5.41, 5.74) is 3.48. The van der Waals surface area contributed by atoms with E-state index in [1.165, 1.54) is 0 Å². The first kappa shape index (κ1) is 17.1. The Morgan fingerprint density at radius 2 is 1.96 bits per heavy atom. The van der Waals surface area contributed by atoms with Crippen molar-refractivity contribution in [3.05, 3.63) is 22.3 Å². The number of benzene rings is 1. The van der Waals surface area contributed by atoms with Crippen LogP contribution in [-0.2, 0) is 22.4 Å². The molecule has 1 fully saturated rings. The summed E-state index contributed by atoms with van der Waals surface area (Å²) in [5.74, 6) is 0.853. The van der Waals surface area contributed by atoms with Crippen LogP contribution in [0.1, 0.15) is 55.4 Å². The van der Waals surface area contributed by atoms with Gasteiger partial charge in [-0.1, -0.05) is 0 Å². The van der Waals surface area contributed by atoms with Crippen LogP contribution in [0.5, 0.6) is 11.5 Å². The minimum atomic E-state index is -0.621. The number of aliphatic hydroxyl groups excluding tert-OH is 1. The number of phenolic OH excluding ortho intramolecular Hbond substituents is 1. The molecule has 0 aromatic heterocycles. The van der Waals surface area contributed by atoms with Gasteiger partial charge in [-0.3, -0.25) is 4.79 Å². The zero-order valence-electron chi connectivity index (χ0n) is 14.8. The monoisotopic (exact) mass is 334 g/mol. The van der Waals surface area contributed by atoms with Gasteiger partial charge in [0.1, 0.15) is 23.2 Å². The summed E-state index contributed by atoms with van der Waals surface area (Å²) in [6.45, 7) is 7.91. The van der Waals surface area contributed by atoms with Crippen molar-refractivity contribution in [2.45, 2.75) is 77.6 Å². The normalized spacial score (nSPS) is 25.1. The zero-order valence-corrected chi connectivity index (χ0v) is 14.8. The van der Waals surface area contributed by atoms with Gasteiger partial charge in [0.25, 0.3) is 0 Å². The number of cyclic esters (lactones) is 1. The molecule has 1 aromatic rings. The second kappa shape index (κ2) is 5.96. The Morgan fingerprint density at radius 3 is 2.62 bits per heavy atom. The van der Waals surface area contributed by atoms with Gasteiger partial charge < -0.3 is 19.7 Å². The number of hydrogen-bond donors (Lipinski definition) is 2. The minimum absolute atomic E-state index is 0.0769. The SMILES string of the molecule is Cc1c(O)c(C)c2c(c1CC[C@H]1C[C@H](O)CC(=O)O1)OC(C)(C)C2. The molecule has 1 aromatic carbocycles. The fourth-order valence-corrected chi connectivity index (χ4v) is 3.81. The van der Waals surface area contributed by atoms with E-state index in [-0.39, 0.29) is 24.1 Å². The fourth-order valence-electron chi connectivity index (χ4n) is 3.81. The molecule has 3 rings (SSSR count). The number of carbonyl (C=O) groups excluding carboxylic acids is 1. The molecule has 2 atom stereocenters. The maximum atomic E-state index is 11.5. The molecule has 0 saturated carbocycles. The Hall–Kier alpha value is -1.75. The predicted molar refractivity (Wildman–Crippen MR) is 89.4 cm³/mol. The van der Waals surface area contributed by atoms with Crippen molar-refractivity contribution in [1.82, 2.24) is 0 Å². The van der Waals surface area contributed by atoms with Gasteiger partial charge in [0, 0.05) is 24.0 Å². The van der Waals surface area contributed by atoms with Gasteiger partial charge in [0.2, 0.25) is 0 Å². The van der Waals surface area contributed by atoms with E-state index in [1.54, 1.807) is 0 Å². The Bertz CT molecular complexity index is 677. The molecule has 1 saturated heterocycles. The van der Waals surface area contributed by atoms with Gasteiger partial charge in [0.05, 0.1) is 12.5 Å². The lowest BCUT2D eigenvalue weighted by atomic mass is 9.90. The number of hydrogen-bond acceptors (Lipinski definition) is 5. The summed E-state index contributed by atoms with van der Waals surface area (Å²) >= 11 is 0. The van der Waals surface area contributed by atoms with Gasteiger partial charge in [-0.25, -0.2) is 0 Å². The fraction of sp³-hybridized carbons (Fsp3) is 0.632. The molecule has 0 unspecified atom stereocenters. The van der Waals surface area contributed by atoms with Gasteiger partial charge in [-0.2, -0.15) is 0 Å². The lowest BCUT2D eigenvalue weighted by Crippen LogP contribution is -2.32. The highest BCUT2D eigenvalue weighted by atomic mass is 16.5. The van der Waals surface area contributed by atoms with Crippen LogP contribution in [0.2, 0.25) is 0 Å². The van der Waals surface area contributed by atoms with Crippen molar-refractivity contribution in [2.75, 3.05) is 0 Å². The molecule has 132 valence electrons. The van der Waals surface area contributed by atoms with Crippen molar-refractivity contribution in [1.29, 1.82) is 0 Å². The summed E-state index contributed by atoms with van der Waals surface area (Å²) in [5, 5.41) is 20.2. The lowest BCUT2D eigenvalue weighted by molar-refractivity contribution is -0.160. The summed E-state index contributed by atoms with van der Waals surface area (Å²) in [4.78, 5) is 11.5. The second-order valence-corrected chi connectivity index (χ2v) is 7.67. The van der Waals surface area contributed by atoms with Crippen LogP contribution in [-0.4, -0.2) is 34.0 Å². The van der Waals surface area contributed by atoms with Crippen LogP contribution in [0.3, 0.4) is 0 Å². The summed E-state index contributed by atoms with van der Waals surface area (Å²) in [6, 6.07) is 0. The molecule has 5 nitrogen and oxygen atoms in total. The maximum Gasteiger partial charge on any atom is 0.308 e. The number of esters is 1. The highest BCUT2D eigenvalue weighted by Crippen LogP contribution is 2.45. The molecule has 24 heavy (non-hydrogen) atoms. The maximum absolute atomic E-state index is 11.5. The van der Waals surface area contributed by atoms with E-state index in [2.05, 4.69) is 0 Å². The molecule has 5 heteroatoms. The van der Waals surface area contributed by atoms with Gasteiger partial charge in [0.15, 0.2) is 0 Å². The third-order valence-corrected chi connectivity index (χ3v) is 5.10. The molecule has 0 aliphatic carbocycles. The van der Waals surface area contributed by atoms with Gasteiger partial charge >= 0.3 is 5.97 Å². The van der Waals surface area contributed by atoms with E-state index >= 15 is 0 Å². The minimum Gasteiger partial charge on any atom is -0.507 e. The van der Waals surface area contributed by atoms with E-state index in [0.29, 0.717) is 25.0 Å². The Labute approximate surface area is 142 Å². The average Bonchev–Trinajstić information content (AvgIpc) is 2.79. The van der Waals surface area contributed by atoms with E-state index in [0.717, 1.165) is 34.4 Å². The summed E-state index contributed by atoms with van der Waals surface area (Å²) in [7, 11) is 0. The van der Waals surface area contributed by atoms with Crippen LogP contribution in [0.15, 0.2) is 0 Å². The number of aromatic hydroxyl groups is 1. The standard InChI is InChI=1S/C19H26O5/c1-10-14(6-5-13-7-12(20)8-16(21)23-13)18-15(11(2)17(10)22)9-19(3,4)24-18/h12-13,20,22H,5-9H2,1-4H3/t12-,13-/m0/s1. The van der Waals surface area contributed by atoms with E-state index in [9.17, 15) is 15.0 Å². The first-order valence-electron chi connectivity index (χ1n) is 8.58. The quantitative estimate of drug-likeness (QED) is 0.831. The van der Waals surface area contributed by atoms with Crippen molar-refractivity contribution >= 4 is 5.97 Å². The number of fused-ring (bicyclic) bond motifs is 1.